The molecule has 158 valence electrons. The molecule has 0 fully saturated rings. The molecule has 1 amide bonds. The molecular weight excluding hydrogens is 400 g/mol. The Morgan fingerprint density at radius 3 is 1.90 bits per heavy atom. The minimum atomic E-state index is -0.797. The number of nitro benzene ring substituents is 3. The number of ether oxygens (including phenoxy) is 1. The number of nitrogens with zero attached hydrogens (tertiary/aromatic N) is 3. The number of carbonyl (C=O) groups is 1. The second kappa shape index (κ2) is 10.5. The van der Waals surface area contributed by atoms with Gasteiger partial charge in [0.15, 0.2) is 0 Å². The molecule has 30 heavy (non-hydrogen) atoms. The molecule has 12 nitrogen and oxygen atoms in total. The predicted molar refractivity (Wildman–Crippen MR) is 105 cm³/mol. The SMILES string of the molecule is O=C(NCCCCCOc1ccc([N+](=O)[O-])cc1)c1cc([N+](=O)[O-])cc([N+](=O)[O-])c1. The number of nitrogens with one attached hydrogen (secondary N) is 1. The molecule has 0 unspecified atom stereocenters. The quantitative estimate of drug-likeness (QED) is 0.329. The number of unbranched alkanes of at least 4 members (excludes halogenated alkanes) is 2. The Hall–Kier alpha value is -4.09. The van der Waals surface area contributed by atoms with E-state index in [4.69, 9.17) is 4.74 Å². The molecule has 0 saturated carbocycles. The first-order valence-corrected chi connectivity index (χ1v) is 8.87. The zero-order valence-electron chi connectivity index (χ0n) is 15.7. The number of hydrogen-bond acceptors (Lipinski definition) is 8. The summed E-state index contributed by atoms with van der Waals surface area (Å²) in [5, 5.41) is 34.9. The summed E-state index contributed by atoms with van der Waals surface area (Å²) in [7, 11) is 0. The van der Waals surface area contributed by atoms with Gasteiger partial charge in [-0.1, -0.05) is 0 Å². The normalized spacial score (nSPS) is 10.3. The number of nitro groups is 3. The fourth-order valence-electron chi connectivity index (χ4n) is 2.50. The van der Waals surface area contributed by atoms with E-state index in [0.29, 0.717) is 31.6 Å². The van der Waals surface area contributed by atoms with Crippen molar-refractivity contribution in [2.75, 3.05) is 13.2 Å². The van der Waals surface area contributed by atoms with Gasteiger partial charge < -0.3 is 10.1 Å². The van der Waals surface area contributed by atoms with E-state index in [9.17, 15) is 35.1 Å². The second-order valence-corrected chi connectivity index (χ2v) is 6.17. The Bertz CT molecular complexity index is 913. The number of rotatable bonds is 11. The molecule has 0 bridgehead atoms. The molecule has 0 saturated heterocycles. The average Bonchev–Trinajstić information content (AvgIpc) is 2.72. The van der Waals surface area contributed by atoms with Crippen molar-refractivity contribution in [2.45, 2.75) is 19.3 Å². The maximum absolute atomic E-state index is 12.1. The van der Waals surface area contributed by atoms with Crippen LogP contribution in [-0.4, -0.2) is 33.8 Å². The van der Waals surface area contributed by atoms with Crippen LogP contribution in [0, 0.1) is 30.3 Å². The van der Waals surface area contributed by atoms with Gasteiger partial charge >= 0.3 is 0 Å². The number of carbonyl (C=O) groups excluding carboxylic acids is 1. The molecule has 0 spiro atoms. The lowest BCUT2D eigenvalue weighted by atomic mass is 10.1. The van der Waals surface area contributed by atoms with Crippen molar-refractivity contribution >= 4 is 23.0 Å². The zero-order valence-corrected chi connectivity index (χ0v) is 15.7. The van der Waals surface area contributed by atoms with Crippen LogP contribution in [0.25, 0.3) is 0 Å². The number of non-ortho nitro benzene ring substituents is 3. The number of benzene rings is 2. The Morgan fingerprint density at radius 2 is 1.37 bits per heavy atom. The number of hydrogen-bond donors (Lipinski definition) is 1. The van der Waals surface area contributed by atoms with E-state index in [1.54, 1.807) is 0 Å². The molecule has 0 heterocycles. The van der Waals surface area contributed by atoms with Crippen molar-refractivity contribution in [2.24, 2.45) is 0 Å². The third-order valence-corrected chi connectivity index (χ3v) is 4.01. The van der Waals surface area contributed by atoms with Crippen molar-refractivity contribution in [1.82, 2.24) is 5.32 Å². The van der Waals surface area contributed by atoms with Gasteiger partial charge in [-0.25, -0.2) is 0 Å². The molecule has 2 aromatic carbocycles. The van der Waals surface area contributed by atoms with Crippen molar-refractivity contribution in [3.8, 4) is 5.75 Å². The van der Waals surface area contributed by atoms with Crippen LogP contribution in [0.2, 0.25) is 0 Å². The maximum atomic E-state index is 12.1. The highest BCUT2D eigenvalue weighted by Crippen LogP contribution is 2.22. The van der Waals surface area contributed by atoms with Gasteiger partial charge in [0.25, 0.3) is 23.0 Å². The molecule has 0 atom stereocenters. The van der Waals surface area contributed by atoms with Crippen molar-refractivity contribution in [1.29, 1.82) is 0 Å². The zero-order chi connectivity index (χ0) is 22.1. The van der Waals surface area contributed by atoms with Crippen LogP contribution in [0.15, 0.2) is 42.5 Å². The lowest BCUT2D eigenvalue weighted by Crippen LogP contribution is -2.24. The highest BCUT2D eigenvalue weighted by molar-refractivity contribution is 5.95. The fourth-order valence-corrected chi connectivity index (χ4v) is 2.50. The standard InChI is InChI=1S/C18H18N4O8/c23-18(13-10-15(21(26)27)12-16(11-13)22(28)29)19-8-2-1-3-9-30-17-6-4-14(5-7-17)20(24)25/h4-7,10-12H,1-3,8-9H2,(H,19,23). The van der Waals surface area contributed by atoms with Crippen LogP contribution in [-0.2, 0) is 0 Å². The first kappa shape index (κ1) is 22.2. The highest BCUT2D eigenvalue weighted by Gasteiger charge is 2.19. The van der Waals surface area contributed by atoms with E-state index in [0.717, 1.165) is 18.2 Å². The van der Waals surface area contributed by atoms with E-state index >= 15 is 0 Å². The fraction of sp³-hybridized carbons (Fsp3) is 0.278. The summed E-state index contributed by atoms with van der Waals surface area (Å²) in [5.74, 6) is -0.120. The summed E-state index contributed by atoms with van der Waals surface area (Å²) < 4.78 is 5.47. The van der Waals surface area contributed by atoms with Gasteiger partial charge in [0.1, 0.15) is 5.75 Å². The average molecular weight is 418 g/mol. The van der Waals surface area contributed by atoms with E-state index in [1.807, 2.05) is 0 Å². The van der Waals surface area contributed by atoms with Crippen molar-refractivity contribution < 1.29 is 24.3 Å². The Kier molecular flexibility index (Phi) is 7.74. The van der Waals surface area contributed by atoms with Gasteiger partial charge in [-0.15, -0.1) is 0 Å². The van der Waals surface area contributed by atoms with E-state index < -0.39 is 32.1 Å². The van der Waals surface area contributed by atoms with E-state index in [2.05, 4.69) is 5.32 Å². The predicted octanol–water partition coefficient (Wildman–Crippen LogP) is 3.39. The van der Waals surface area contributed by atoms with Crippen molar-refractivity contribution in [3.63, 3.8) is 0 Å². The minimum absolute atomic E-state index is 0.0211. The van der Waals surface area contributed by atoms with Gasteiger partial charge in [0.05, 0.1) is 33.0 Å². The van der Waals surface area contributed by atoms with Gasteiger partial charge in [-0.2, -0.15) is 0 Å². The van der Waals surface area contributed by atoms with Crippen LogP contribution >= 0.6 is 0 Å². The Labute approximate surface area is 169 Å². The number of amides is 1. The molecule has 12 heteroatoms. The first-order chi connectivity index (χ1) is 14.3. The first-order valence-electron chi connectivity index (χ1n) is 8.87. The lowest BCUT2D eigenvalue weighted by molar-refractivity contribution is -0.394. The summed E-state index contributed by atoms with van der Waals surface area (Å²) >= 11 is 0. The monoisotopic (exact) mass is 418 g/mol. The summed E-state index contributed by atoms with van der Waals surface area (Å²) in [6.45, 7) is 0.676. The van der Waals surface area contributed by atoms with Crippen LogP contribution < -0.4 is 10.1 Å². The topological polar surface area (TPSA) is 168 Å². The van der Waals surface area contributed by atoms with E-state index in [1.165, 1.54) is 24.3 Å². The van der Waals surface area contributed by atoms with Gasteiger partial charge in [0.2, 0.25) is 0 Å². The Morgan fingerprint density at radius 1 is 0.800 bits per heavy atom. The van der Waals surface area contributed by atoms with Crippen LogP contribution in [0.5, 0.6) is 5.75 Å². The molecule has 1 N–H and O–H groups in total. The van der Waals surface area contributed by atoms with Crippen LogP contribution in [0.4, 0.5) is 17.1 Å². The highest BCUT2D eigenvalue weighted by atomic mass is 16.6. The summed E-state index contributed by atoms with van der Waals surface area (Å²) in [5.41, 5.74) is -1.24. The van der Waals surface area contributed by atoms with Gasteiger partial charge in [-0.05, 0) is 31.4 Å². The molecular formula is C18H18N4O8. The van der Waals surface area contributed by atoms with Crippen LogP contribution in [0.3, 0.4) is 0 Å². The summed E-state index contributed by atoms with van der Waals surface area (Å²) in [6.07, 6.45) is 1.99. The minimum Gasteiger partial charge on any atom is -0.494 e. The van der Waals surface area contributed by atoms with E-state index in [-0.39, 0.29) is 17.8 Å². The summed E-state index contributed by atoms with van der Waals surface area (Å²) in [6, 6.07) is 8.49. The second-order valence-electron chi connectivity index (χ2n) is 6.17. The largest absolute Gasteiger partial charge is 0.494 e. The van der Waals surface area contributed by atoms with Gasteiger partial charge in [-0.3, -0.25) is 35.1 Å². The molecule has 0 aliphatic rings. The third-order valence-electron chi connectivity index (χ3n) is 4.01. The lowest BCUT2D eigenvalue weighted by Gasteiger charge is -2.07. The van der Waals surface area contributed by atoms with Crippen LogP contribution in [0.1, 0.15) is 29.6 Å². The molecule has 2 rings (SSSR count). The van der Waals surface area contributed by atoms with Gasteiger partial charge in [0, 0.05) is 30.8 Å². The Balaban J connectivity index is 1.73. The molecule has 0 aliphatic carbocycles. The maximum Gasteiger partial charge on any atom is 0.277 e. The molecule has 2 aromatic rings. The molecule has 0 aromatic heterocycles. The van der Waals surface area contributed by atoms with Crippen molar-refractivity contribution in [3.05, 3.63) is 78.4 Å². The molecule has 0 aliphatic heterocycles. The third kappa shape index (κ3) is 6.51. The summed E-state index contributed by atoms with van der Waals surface area (Å²) in [4.78, 5) is 42.3. The molecule has 0 radical (unpaired) electrons. The smallest absolute Gasteiger partial charge is 0.277 e.